The molecule has 1 aromatic heterocycles. The lowest BCUT2D eigenvalue weighted by Crippen LogP contribution is -2.58. The van der Waals surface area contributed by atoms with Crippen LogP contribution in [0.25, 0.3) is 11.0 Å². The number of nitroso groups, excluding NO2 is 1. The van der Waals surface area contributed by atoms with Gasteiger partial charge < -0.3 is 9.67 Å². The Morgan fingerprint density at radius 3 is 2.30 bits per heavy atom. The van der Waals surface area contributed by atoms with Gasteiger partial charge in [0.2, 0.25) is 0 Å². The number of fused-ring (bicyclic) bond motifs is 5. The summed E-state index contributed by atoms with van der Waals surface area (Å²) in [5.41, 5.74) is 1.26. The van der Waals surface area contributed by atoms with E-state index >= 15 is 0 Å². The first-order valence-corrected chi connectivity index (χ1v) is 14.3. The summed E-state index contributed by atoms with van der Waals surface area (Å²) in [5.74, 6) is 0.773. The van der Waals surface area contributed by atoms with E-state index in [-0.39, 0.29) is 30.1 Å². The zero-order valence-electron chi connectivity index (χ0n) is 21.5. The summed E-state index contributed by atoms with van der Waals surface area (Å²) in [6.45, 7) is 0. The first-order valence-electron chi connectivity index (χ1n) is 14.3. The van der Waals surface area contributed by atoms with E-state index < -0.39 is 12.0 Å². The Labute approximate surface area is 217 Å². The van der Waals surface area contributed by atoms with E-state index in [0.717, 1.165) is 30.2 Å². The van der Waals surface area contributed by atoms with Crippen LogP contribution < -0.4 is 5.56 Å². The molecule has 0 spiro atoms. The minimum Gasteiger partial charge on any atom is -0.481 e. The number of carboxylic acid groups (broad SMARTS) is 1. The van der Waals surface area contributed by atoms with Gasteiger partial charge in [0.05, 0.1) is 11.0 Å². The van der Waals surface area contributed by atoms with Crippen molar-refractivity contribution in [1.82, 2.24) is 14.5 Å². The van der Waals surface area contributed by atoms with E-state index in [2.05, 4.69) is 15.1 Å². The Hall–Kier alpha value is -2.61. The second-order valence-electron chi connectivity index (χ2n) is 12.0. The SMILES string of the molecule is O=NC(CCC(=O)O)c1nc2ccccc2n(C2C[C@H]3CCC[C@@H](C2)N3C2C[C@H]3CCC[C@@H](C2)C3)c1=O. The van der Waals surface area contributed by atoms with Gasteiger partial charge in [-0.1, -0.05) is 43.0 Å². The summed E-state index contributed by atoms with van der Waals surface area (Å²) in [7, 11) is 0. The number of nitrogens with zero attached hydrogens (tertiary/aromatic N) is 4. The predicted molar refractivity (Wildman–Crippen MR) is 141 cm³/mol. The fraction of sp³-hybridized carbons (Fsp3) is 0.690. The smallest absolute Gasteiger partial charge is 0.303 e. The highest BCUT2D eigenvalue weighted by atomic mass is 16.4. The molecule has 8 heteroatoms. The molecule has 2 saturated carbocycles. The first-order chi connectivity index (χ1) is 18.0. The lowest BCUT2D eigenvalue weighted by molar-refractivity contribution is -0.137. The van der Waals surface area contributed by atoms with Crippen LogP contribution in [0, 0.1) is 16.7 Å². The third-order valence-corrected chi connectivity index (χ3v) is 9.79. The molecule has 2 aliphatic heterocycles. The summed E-state index contributed by atoms with van der Waals surface area (Å²) in [4.78, 5) is 44.2. The zero-order valence-corrected chi connectivity index (χ0v) is 21.5. The van der Waals surface area contributed by atoms with Crippen LogP contribution in [0.1, 0.15) is 101 Å². The second-order valence-corrected chi connectivity index (χ2v) is 12.0. The Balaban J connectivity index is 1.33. The molecule has 8 nitrogen and oxygen atoms in total. The van der Waals surface area contributed by atoms with Gasteiger partial charge in [0.15, 0.2) is 0 Å². The quantitative estimate of drug-likeness (QED) is 0.491. The molecule has 2 aliphatic carbocycles. The van der Waals surface area contributed by atoms with Crippen molar-refractivity contribution in [2.24, 2.45) is 17.0 Å². The maximum atomic E-state index is 13.9. The van der Waals surface area contributed by atoms with Gasteiger partial charge in [0.1, 0.15) is 11.7 Å². The third kappa shape index (κ3) is 4.73. The molecule has 0 amide bonds. The monoisotopic (exact) mass is 506 g/mol. The lowest BCUT2D eigenvalue weighted by atomic mass is 9.68. The topological polar surface area (TPSA) is 105 Å². The molecule has 37 heavy (non-hydrogen) atoms. The minimum atomic E-state index is -1.05. The van der Waals surface area contributed by atoms with Crippen molar-refractivity contribution >= 4 is 17.0 Å². The Kier molecular flexibility index (Phi) is 6.86. The largest absolute Gasteiger partial charge is 0.481 e. The summed E-state index contributed by atoms with van der Waals surface area (Å²) >= 11 is 0. The fourth-order valence-corrected chi connectivity index (χ4v) is 8.39. The summed E-state index contributed by atoms with van der Waals surface area (Å²) in [6, 6.07) is 8.25. The maximum Gasteiger partial charge on any atom is 0.303 e. The van der Waals surface area contributed by atoms with Crippen LogP contribution in [0.5, 0.6) is 0 Å². The Morgan fingerprint density at radius 2 is 1.62 bits per heavy atom. The Bertz CT molecular complexity index is 1200. The average Bonchev–Trinajstić information content (AvgIpc) is 2.88. The molecule has 3 unspecified atom stereocenters. The van der Waals surface area contributed by atoms with Crippen LogP contribution >= 0.6 is 0 Å². The van der Waals surface area contributed by atoms with Crippen LogP contribution in [0.15, 0.2) is 34.2 Å². The van der Waals surface area contributed by atoms with E-state index in [1.807, 2.05) is 28.8 Å². The van der Waals surface area contributed by atoms with Crippen molar-refractivity contribution in [2.45, 2.75) is 114 Å². The van der Waals surface area contributed by atoms with Crippen molar-refractivity contribution in [2.75, 3.05) is 0 Å². The van der Waals surface area contributed by atoms with E-state index in [1.54, 1.807) is 0 Å². The highest BCUT2D eigenvalue weighted by Crippen LogP contribution is 2.47. The normalized spacial score (nSPS) is 32.6. The molecule has 4 aliphatic rings. The van der Waals surface area contributed by atoms with E-state index in [4.69, 9.17) is 5.11 Å². The van der Waals surface area contributed by atoms with Gasteiger partial charge in [0.25, 0.3) is 5.56 Å². The number of carbonyl (C=O) groups is 1. The lowest BCUT2D eigenvalue weighted by Gasteiger charge is -2.55. The van der Waals surface area contributed by atoms with E-state index in [0.29, 0.717) is 23.6 Å². The third-order valence-electron chi connectivity index (χ3n) is 9.79. The molecule has 6 rings (SSSR count). The number of aliphatic carboxylic acids is 1. The number of rotatable bonds is 7. The van der Waals surface area contributed by atoms with Gasteiger partial charge in [-0.05, 0) is 75.3 Å². The van der Waals surface area contributed by atoms with Gasteiger partial charge in [0, 0.05) is 30.6 Å². The number of piperidine rings is 2. The van der Waals surface area contributed by atoms with Gasteiger partial charge in [-0.15, -0.1) is 0 Å². The van der Waals surface area contributed by atoms with E-state index in [1.165, 1.54) is 57.8 Å². The number of hydrogen-bond donors (Lipinski definition) is 1. The van der Waals surface area contributed by atoms with Gasteiger partial charge in [-0.3, -0.25) is 14.5 Å². The zero-order chi connectivity index (χ0) is 25.5. The molecule has 7 atom stereocenters. The molecule has 2 aromatic rings. The van der Waals surface area contributed by atoms with Crippen molar-refractivity contribution in [3.8, 4) is 0 Å². The summed E-state index contributed by atoms with van der Waals surface area (Å²) < 4.78 is 1.88. The molecular weight excluding hydrogens is 468 g/mol. The molecule has 198 valence electrons. The maximum absolute atomic E-state index is 13.9. The van der Waals surface area contributed by atoms with Gasteiger partial charge >= 0.3 is 5.97 Å². The van der Waals surface area contributed by atoms with Crippen molar-refractivity contribution in [3.05, 3.63) is 45.2 Å². The highest BCUT2D eigenvalue weighted by Gasteiger charge is 2.45. The number of benzene rings is 1. The molecule has 4 fully saturated rings. The molecule has 0 radical (unpaired) electrons. The van der Waals surface area contributed by atoms with Crippen LogP contribution in [0.3, 0.4) is 0 Å². The highest BCUT2D eigenvalue weighted by molar-refractivity contribution is 5.75. The standard InChI is InChI=1S/C29H38N4O4/c34-27(35)12-11-25(31-37)28-29(36)33(26-10-2-1-9-24(26)30-28)23-16-20-7-4-8-21(17-23)32(20)22-14-18-5-3-6-19(13-18)15-22/h1-2,9-10,18-23,25H,3-8,11-17H2,(H,34,35)/t18-,19+,20-,21+,22?,23?,25?. The van der Waals surface area contributed by atoms with Crippen molar-refractivity contribution < 1.29 is 9.90 Å². The summed E-state index contributed by atoms with van der Waals surface area (Å²) in [5, 5.41) is 12.3. The van der Waals surface area contributed by atoms with Crippen LogP contribution in [0.2, 0.25) is 0 Å². The average molecular weight is 507 g/mol. The minimum absolute atomic E-state index is 0.0207. The Morgan fingerprint density at radius 1 is 0.946 bits per heavy atom. The van der Waals surface area contributed by atoms with Crippen LogP contribution in [-0.4, -0.2) is 43.7 Å². The van der Waals surface area contributed by atoms with Gasteiger partial charge in [-0.2, -0.15) is 4.91 Å². The second kappa shape index (κ2) is 10.3. The molecule has 2 saturated heterocycles. The molecular formula is C29H38N4O4. The number of aromatic nitrogens is 2. The van der Waals surface area contributed by atoms with Crippen molar-refractivity contribution in [1.29, 1.82) is 0 Å². The van der Waals surface area contributed by atoms with Crippen LogP contribution in [0.4, 0.5) is 0 Å². The van der Waals surface area contributed by atoms with Crippen LogP contribution in [-0.2, 0) is 4.79 Å². The number of para-hydroxylation sites is 2. The molecule has 1 aromatic carbocycles. The fourth-order valence-electron chi connectivity index (χ4n) is 8.39. The van der Waals surface area contributed by atoms with Crippen molar-refractivity contribution in [3.63, 3.8) is 0 Å². The van der Waals surface area contributed by atoms with Gasteiger partial charge in [-0.25, -0.2) is 4.98 Å². The summed E-state index contributed by atoms with van der Waals surface area (Å²) in [6.07, 6.45) is 13.5. The number of hydrogen-bond acceptors (Lipinski definition) is 6. The molecule has 3 heterocycles. The molecule has 4 bridgehead atoms. The predicted octanol–water partition coefficient (Wildman–Crippen LogP) is 5.60. The first kappa shape index (κ1) is 24.7. The molecule has 1 N–H and O–H groups in total. The van der Waals surface area contributed by atoms with E-state index in [9.17, 15) is 14.5 Å². The number of carboxylic acids is 1.